The van der Waals surface area contributed by atoms with Gasteiger partial charge < -0.3 is 29.5 Å². The van der Waals surface area contributed by atoms with Crippen molar-refractivity contribution in [2.24, 2.45) is 0 Å². The summed E-state index contributed by atoms with van der Waals surface area (Å²) in [5.74, 6) is -4.65. The number of aliphatic carboxylic acids is 1. The van der Waals surface area contributed by atoms with Gasteiger partial charge in [0.2, 0.25) is 11.8 Å². The van der Waals surface area contributed by atoms with Gasteiger partial charge in [-0.05, 0) is 28.7 Å². The van der Waals surface area contributed by atoms with Gasteiger partial charge >= 0.3 is 17.9 Å². The van der Waals surface area contributed by atoms with Crippen LogP contribution in [0.2, 0.25) is 0 Å². The minimum Gasteiger partial charge on any atom is -0.497 e. The van der Waals surface area contributed by atoms with Crippen molar-refractivity contribution in [3.63, 3.8) is 0 Å². The molecule has 0 bridgehead atoms. The summed E-state index contributed by atoms with van der Waals surface area (Å²) in [4.78, 5) is 80.3. The summed E-state index contributed by atoms with van der Waals surface area (Å²) in [5, 5.41) is 13.9. The molecule has 2 aliphatic rings. The van der Waals surface area contributed by atoms with Crippen LogP contribution in [0.4, 0.5) is 0 Å². The third-order valence-corrected chi connectivity index (χ3v) is 9.32. The van der Waals surface area contributed by atoms with Crippen molar-refractivity contribution >= 4 is 47.3 Å². The molecule has 12 nitrogen and oxygen atoms in total. The number of carbonyl (C=O) groups excluding carboxylic acids is 5. The molecule has 5 rings (SSSR count). The number of β-lactam (4-membered cyclic amide) rings is 1. The summed E-state index contributed by atoms with van der Waals surface area (Å²) in [6, 6.07) is 20.0. The average molecular weight is 673 g/mol. The third-order valence-electron chi connectivity index (χ3n) is 8.10. The predicted molar refractivity (Wildman–Crippen MR) is 173 cm³/mol. The van der Waals surface area contributed by atoms with E-state index in [1.165, 1.54) is 43.2 Å². The van der Waals surface area contributed by atoms with E-state index < -0.39 is 64.8 Å². The molecule has 4 atom stereocenters. The average Bonchev–Trinajstić information content (AvgIpc) is 3.10. The summed E-state index contributed by atoms with van der Waals surface area (Å²) in [7, 11) is 1.52. The van der Waals surface area contributed by atoms with E-state index >= 15 is 0 Å². The van der Waals surface area contributed by atoms with Crippen molar-refractivity contribution in [1.29, 1.82) is 0 Å². The first-order chi connectivity index (χ1) is 23.1. The van der Waals surface area contributed by atoms with Gasteiger partial charge in [-0.2, -0.15) is 0 Å². The summed E-state index contributed by atoms with van der Waals surface area (Å²) < 4.78 is 15.8. The number of nitrogens with zero attached hydrogens (tertiary/aromatic N) is 1. The Hall–Kier alpha value is -5.43. The van der Waals surface area contributed by atoms with Gasteiger partial charge in [-0.15, -0.1) is 11.8 Å². The number of fused-ring (bicyclic) bond motifs is 1. The Bertz CT molecular complexity index is 1750. The lowest BCUT2D eigenvalue weighted by Gasteiger charge is -2.52. The van der Waals surface area contributed by atoms with Gasteiger partial charge in [-0.3, -0.25) is 24.0 Å². The van der Waals surface area contributed by atoms with Crippen LogP contribution in [0, 0.1) is 0 Å². The normalized spacial score (nSPS) is 19.4. The van der Waals surface area contributed by atoms with E-state index in [4.69, 9.17) is 14.2 Å². The van der Waals surface area contributed by atoms with Gasteiger partial charge in [-0.1, -0.05) is 72.8 Å². The van der Waals surface area contributed by atoms with Crippen LogP contribution in [-0.4, -0.2) is 76.7 Å². The first kappa shape index (κ1) is 33.9. The number of carbonyl (C=O) groups is 6. The number of ketones is 1. The minimum atomic E-state index is -2.37. The molecule has 0 spiro atoms. The van der Waals surface area contributed by atoms with Crippen LogP contribution in [0.3, 0.4) is 0 Å². The zero-order chi connectivity index (χ0) is 34.4. The lowest BCUT2D eigenvalue weighted by Crippen LogP contribution is -2.75. The second-order valence-electron chi connectivity index (χ2n) is 11.1. The number of hydrogen-bond acceptors (Lipinski definition) is 10. The Kier molecular flexibility index (Phi) is 10.3. The highest BCUT2D eigenvalue weighted by molar-refractivity contribution is 8.03. The quantitative estimate of drug-likeness (QED) is 0.119. The van der Waals surface area contributed by atoms with E-state index in [0.29, 0.717) is 16.9 Å². The maximum absolute atomic E-state index is 14.1. The number of carboxylic acid groups (broad SMARTS) is 1. The summed E-state index contributed by atoms with van der Waals surface area (Å²) >= 11 is 1.09. The van der Waals surface area contributed by atoms with Gasteiger partial charge in [0.05, 0.1) is 7.11 Å². The number of methoxy groups -OCH3 is 1. The second kappa shape index (κ2) is 14.6. The lowest BCUT2D eigenvalue weighted by molar-refractivity contribution is -0.165. The zero-order valence-corrected chi connectivity index (χ0v) is 26.8. The number of hydrogen-bond donors (Lipinski definition) is 2. The van der Waals surface area contributed by atoms with Crippen molar-refractivity contribution < 1.29 is 48.1 Å². The van der Waals surface area contributed by atoms with Crippen molar-refractivity contribution in [2.75, 3.05) is 13.7 Å². The van der Waals surface area contributed by atoms with E-state index in [-0.39, 0.29) is 24.3 Å². The molecule has 1 saturated heterocycles. The Morgan fingerprint density at radius 1 is 0.896 bits per heavy atom. The molecule has 248 valence electrons. The Labute approximate surface area is 280 Å². The molecule has 3 aromatic carbocycles. The molecule has 0 aromatic heterocycles. The molecule has 0 aliphatic carbocycles. The fourth-order valence-corrected chi connectivity index (χ4v) is 6.73. The molecule has 0 saturated carbocycles. The number of nitrogens with one attached hydrogen (secondary N) is 1. The van der Waals surface area contributed by atoms with Crippen molar-refractivity contribution in [2.45, 2.75) is 42.8 Å². The SMILES string of the molecule is COc1ccc(COC(=O)C2C(COC(C)=O)=CS[C@H]3C(NC(=O)C(CC(=O)c4ccccc4)(C(=O)O)c4ccccc4)C(=O)N23)cc1. The number of esters is 2. The van der Waals surface area contributed by atoms with Gasteiger partial charge in [0.25, 0.3) is 0 Å². The second-order valence-corrected chi connectivity index (χ2v) is 12.1. The highest BCUT2D eigenvalue weighted by atomic mass is 32.2. The largest absolute Gasteiger partial charge is 0.497 e. The number of Topliss-reactive ketones (excluding diaryl/α,β-unsaturated/α-hetero) is 1. The number of amides is 2. The van der Waals surface area contributed by atoms with Crippen LogP contribution in [0.1, 0.15) is 34.8 Å². The van der Waals surface area contributed by atoms with Gasteiger partial charge in [0.15, 0.2) is 17.2 Å². The van der Waals surface area contributed by atoms with Crippen molar-refractivity contribution in [3.8, 4) is 5.75 Å². The van der Waals surface area contributed by atoms with Gasteiger partial charge in [-0.25, -0.2) is 4.79 Å². The standard InChI is InChI=1S/C35H32N2O10S/c1-21(38)46-19-24-20-48-31-28(30(40)37(31)29(24)32(41)47-18-22-13-15-26(45-2)16-14-22)36-33(42)35(34(43)44,25-11-7-4-8-12-25)17-27(39)23-9-5-3-6-10-23/h3-16,20,28-29,31H,17-19H2,1-2H3,(H,36,42)(H,43,44)/t28?,29?,31-,35?/m0/s1. The number of thioether (sulfide) groups is 1. The monoisotopic (exact) mass is 672 g/mol. The molecule has 2 N–H and O–H groups in total. The Balaban J connectivity index is 1.40. The van der Waals surface area contributed by atoms with E-state index in [2.05, 4.69) is 5.32 Å². The predicted octanol–water partition coefficient (Wildman–Crippen LogP) is 3.25. The van der Waals surface area contributed by atoms with E-state index in [1.54, 1.807) is 66.1 Å². The molecule has 2 amide bonds. The molecule has 0 radical (unpaired) electrons. The summed E-state index contributed by atoms with van der Waals surface area (Å²) in [6.45, 7) is 0.810. The molecular formula is C35H32N2O10S. The van der Waals surface area contributed by atoms with Crippen molar-refractivity contribution in [3.05, 3.63) is 113 Å². The number of rotatable bonds is 13. The van der Waals surface area contributed by atoms with E-state index in [0.717, 1.165) is 11.8 Å². The molecule has 48 heavy (non-hydrogen) atoms. The summed E-state index contributed by atoms with van der Waals surface area (Å²) in [6.07, 6.45) is -0.711. The van der Waals surface area contributed by atoms with Crippen LogP contribution >= 0.6 is 11.8 Å². The first-order valence-corrected chi connectivity index (χ1v) is 15.8. The van der Waals surface area contributed by atoms with Crippen LogP contribution in [0.25, 0.3) is 0 Å². The third kappa shape index (κ3) is 6.81. The molecule has 13 heteroatoms. The molecule has 1 fully saturated rings. The zero-order valence-electron chi connectivity index (χ0n) is 26.0. The maximum atomic E-state index is 14.1. The van der Waals surface area contributed by atoms with Crippen LogP contribution < -0.4 is 10.1 Å². The Morgan fingerprint density at radius 3 is 2.15 bits per heavy atom. The van der Waals surface area contributed by atoms with Crippen molar-refractivity contribution in [1.82, 2.24) is 10.2 Å². The molecular weight excluding hydrogens is 640 g/mol. The highest BCUT2D eigenvalue weighted by Crippen LogP contribution is 2.41. The van der Waals surface area contributed by atoms with E-state index in [1.807, 2.05) is 0 Å². The first-order valence-electron chi connectivity index (χ1n) is 14.8. The maximum Gasteiger partial charge on any atom is 0.333 e. The lowest BCUT2D eigenvalue weighted by atomic mass is 9.74. The van der Waals surface area contributed by atoms with Crippen LogP contribution in [0.5, 0.6) is 5.75 Å². The number of benzene rings is 3. The fourth-order valence-electron chi connectivity index (χ4n) is 5.52. The fraction of sp³-hybridized carbons (Fsp3) is 0.257. The van der Waals surface area contributed by atoms with Crippen LogP contribution in [-0.2, 0) is 45.5 Å². The van der Waals surface area contributed by atoms with E-state index in [9.17, 15) is 33.9 Å². The smallest absolute Gasteiger partial charge is 0.333 e. The molecule has 3 unspecified atom stereocenters. The van der Waals surface area contributed by atoms with Gasteiger partial charge in [0, 0.05) is 24.5 Å². The number of carboxylic acids is 1. The topological polar surface area (TPSA) is 166 Å². The molecule has 2 heterocycles. The highest BCUT2D eigenvalue weighted by Gasteiger charge is 2.59. The minimum absolute atomic E-state index is 0.0581. The number of ether oxygens (including phenoxy) is 3. The van der Waals surface area contributed by atoms with Gasteiger partial charge in [0.1, 0.15) is 30.4 Å². The summed E-state index contributed by atoms with van der Waals surface area (Å²) in [5.41, 5.74) is -1.14. The molecule has 3 aromatic rings. The molecule has 2 aliphatic heterocycles. The van der Waals surface area contributed by atoms with Crippen LogP contribution in [0.15, 0.2) is 95.9 Å². The Morgan fingerprint density at radius 2 is 1.54 bits per heavy atom.